The molecule has 1 rings (SSSR count). The first kappa shape index (κ1) is 10.6. The second-order valence-electron chi connectivity index (χ2n) is 2.30. The lowest BCUT2D eigenvalue weighted by Crippen LogP contribution is -2.00. The van der Waals surface area contributed by atoms with E-state index in [0.29, 0.717) is 0 Å². The van der Waals surface area contributed by atoms with Crippen LogP contribution in [0.1, 0.15) is 17.7 Å². The average Bonchev–Trinajstić information content (AvgIpc) is 2.08. The van der Waals surface area contributed by atoms with Crippen LogP contribution in [0.25, 0.3) is 0 Å². The average molecular weight is 301 g/mol. The zero-order valence-corrected chi connectivity index (χ0v) is 8.49. The second kappa shape index (κ2) is 4.14. The summed E-state index contributed by atoms with van der Waals surface area (Å²) in [6, 6.07) is 1.09. The van der Waals surface area contributed by atoms with Gasteiger partial charge in [-0.2, -0.15) is 0 Å². The van der Waals surface area contributed by atoms with Crippen molar-refractivity contribution in [3.05, 3.63) is 21.0 Å². The van der Waals surface area contributed by atoms with E-state index in [1.54, 1.807) is 22.6 Å². The Hall–Kier alpha value is -0.500. The van der Waals surface area contributed by atoms with Crippen molar-refractivity contribution in [2.24, 2.45) is 0 Å². The molecule has 0 amide bonds. The van der Waals surface area contributed by atoms with Crippen LogP contribution in [-0.4, -0.2) is 15.2 Å². The van der Waals surface area contributed by atoms with Crippen molar-refractivity contribution in [1.29, 1.82) is 0 Å². The molecule has 6 heteroatoms. The number of rotatable bonds is 2. The summed E-state index contributed by atoms with van der Waals surface area (Å²) in [6.45, 7) is -0.558. The summed E-state index contributed by atoms with van der Waals surface area (Å²) in [4.78, 5) is 3.47. The van der Waals surface area contributed by atoms with Gasteiger partial charge in [0.15, 0.2) is 0 Å². The van der Waals surface area contributed by atoms with Gasteiger partial charge < -0.3 is 10.2 Å². The standard InChI is InChI=1S/C7H6F2INO2/c8-6(9)5-3(2-12)1-4(13)7(10)11-5/h1,6,12-13H,2H2. The molecule has 1 aromatic rings. The quantitative estimate of drug-likeness (QED) is 0.647. The van der Waals surface area contributed by atoms with E-state index < -0.39 is 18.7 Å². The number of pyridine rings is 1. The lowest BCUT2D eigenvalue weighted by Gasteiger charge is -2.06. The van der Waals surface area contributed by atoms with E-state index in [9.17, 15) is 8.78 Å². The molecule has 0 fully saturated rings. The fourth-order valence-electron chi connectivity index (χ4n) is 0.849. The number of alkyl halides is 2. The van der Waals surface area contributed by atoms with E-state index in [0.717, 1.165) is 6.07 Å². The van der Waals surface area contributed by atoms with Crippen molar-refractivity contribution in [2.45, 2.75) is 13.0 Å². The highest BCUT2D eigenvalue weighted by Gasteiger charge is 2.16. The van der Waals surface area contributed by atoms with Gasteiger partial charge in [0.1, 0.15) is 15.1 Å². The predicted molar refractivity (Wildman–Crippen MR) is 49.5 cm³/mol. The SMILES string of the molecule is OCc1cc(O)c(I)nc1C(F)F. The Labute approximate surface area is 86.6 Å². The van der Waals surface area contributed by atoms with Crippen LogP contribution in [0.15, 0.2) is 6.07 Å². The zero-order valence-electron chi connectivity index (χ0n) is 6.34. The molecule has 1 heterocycles. The predicted octanol–water partition coefficient (Wildman–Crippen LogP) is 1.82. The molecular weight excluding hydrogens is 295 g/mol. The van der Waals surface area contributed by atoms with E-state index in [-0.39, 0.29) is 15.0 Å². The van der Waals surface area contributed by atoms with Crippen molar-refractivity contribution in [3.8, 4) is 5.75 Å². The monoisotopic (exact) mass is 301 g/mol. The third-order valence-electron chi connectivity index (χ3n) is 1.45. The molecule has 0 atom stereocenters. The molecule has 0 unspecified atom stereocenters. The Morgan fingerprint density at radius 3 is 2.62 bits per heavy atom. The summed E-state index contributed by atoms with van der Waals surface area (Å²) < 4.78 is 24.6. The van der Waals surface area contributed by atoms with Crippen molar-refractivity contribution < 1.29 is 19.0 Å². The van der Waals surface area contributed by atoms with Gasteiger partial charge >= 0.3 is 0 Å². The van der Waals surface area contributed by atoms with E-state index >= 15 is 0 Å². The van der Waals surface area contributed by atoms with Crippen molar-refractivity contribution in [1.82, 2.24) is 4.98 Å². The van der Waals surface area contributed by atoms with Gasteiger partial charge in [-0.1, -0.05) is 0 Å². The van der Waals surface area contributed by atoms with Crippen LogP contribution in [0.4, 0.5) is 8.78 Å². The minimum absolute atomic E-state index is 0.0482. The fraction of sp³-hybridized carbons (Fsp3) is 0.286. The largest absolute Gasteiger partial charge is 0.505 e. The van der Waals surface area contributed by atoms with Crippen LogP contribution in [-0.2, 0) is 6.61 Å². The van der Waals surface area contributed by atoms with Gasteiger partial charge in [0, 0.05) is 5.56 Å². The highest BCUT2D eigenvalue weighted by Crippen LogP contribution is 2.27. The van der Waals surface area contributed by atoms with Crippen molar-refractivity contribution >= 4 is 22.6 Å². The number of hydrogen-bond acceptors (Lipinski definition) is 3. The van der Waals surface area contributed by atoms with Gasteiger partial charge in [-0.15, -0.1) is 0 Å². The molecule has 0 saturated carbocycles. The van der Waals surface area contributed by atoms with Gasteiger partial charge in [-0.25, -0.2) is 13.8 Å². The fourth-order valence-corrected chi connectivity index (χ4v) is 1.26. The molecule has 0 radical (unpaired) electrons. The van der Waals surface area contributed by atoms with E-state index in [1.807, 2.05) is 0 Å². The Bertz CT molecular complexity index is 320. The number of nitrogens with zero attached hydrogens (tertiary/aromatic N) is 1. The molecule has 0 aromatic carbocycles. The van der Waals surface area contributed by atoms with Crippen LogP contribution in [0.3, 0.4) is 0 Å². The Morgan fingerprint density at radius 2 is 2.15 bits per heavy atom. The first-order valence-electron chi connectivity index (χ1n) is 3.33. The third kappa shape index (κ3) is 2.25. The zero-order chi connectivity index (χ0) is 10.0. The van der Waals surface area contributed by atoms with Crippen LogP contribution in [0, 0.1) is 3.70 Å². The second-order valence-corrected chi connectivity index (χ2v) is 3.32. The maximum Gasteiger partial charge on any atom is 0.280 e. The molecule has 72 valence electrons. The number of halogens is 3. The highest BCUT2D eigenvalue weighted by atomic mass is 127. The van der Waals surface area contributed by atoms with Gasteiger partial charge in [0.25, 0.3) is 6.43 Å². The Balaban J connectivity index is 3.25. The van der Waals surface area contributed by atoms with Crippen LogP contribution >= 0.6 is 22.6 Å². The molecule has 3 nitrogen and oxygen atoms in total. The minimum Gasteiger partial charge on any atom is -0.505 e. The number of aromatic nitrogens is 1. The van der Waals surface area contributed by atoms with E-state index in [2.05, 4.69) is 4.98 Å². The van der Waals surface area contributed by atoms with Crippen LogP contribution < -0.4 is 0 Å². The van der Waals surface area contributed by atoms with Gasteiger partial charge in [-0.05, 0) is 28.7 Å². The number of hydrogen-bond donors (Lipinski definition) is 2. The third-order valence-corrected chi connectivity index (χ3v) is 2.24. The highest BCUT2D eigenvalue weighted by molar-refractivity contribution is 14.1. The van der Waals surface area contributed by atoms with E-state index in [4.69, 9.17) is 10.2 Å². The first-order valence-corrected chi connectivity index (χ1v) is 4.41. The maximum absolute atomic E-state index is 12.3. The summed E-state index contributed by atoms with van der Waals surface area (Å²) in [5.74, 6) is -0.200. The molecule has 2 N–H and O–H groups in total. The summed E-state index contributed by atoms with van der Waals surface area (Å²) in [5.41, 5.74) is -0.530. The summed E-state index contributed by atoms with van der Waals surface area (Å²) in [6.07, 6.45) is -2.74. The molecule has 0 saturated heterocycles. The lowest BCUT2D eigenvalue weighted by atomic mass is 10.2. The van der Waals surface area contributed by atoms with Gasteiger partial charge in [0.2, 0.25) is 0 Å². The van der Waals surface area contributed by atoms with Crippen molar-refractivity contribution in [3.63, 3.8) is 0 Å². The number of aliphatic hydroxyl groups excluding tert-OH is 1. The normalized spacial score (nSPS) is 10.8. The minimum atomic E-state index is -2.74. The molecule has 0 aliphatic carbocycles. The van der Waals surface area contributed by atoms with E-state index in [1.165, 1.54) is 0 Å². The first-order chi connectivity index (χ1) is 6.06. The van der Waals surface area contributed by atoms with Gasteiger partial charge in [-0.3, -0.25) is 0 Å². The Morgan fingerprint density at radius 1 is 1.54 bits per heavy atom. The maximum atomic E-state index is 12.3. The topological polar surface area (TPSA) is 53.4 Å². The summed E-state index contributed by atoms with van der Waals surface area (Å²) in [7, 11) is 0. The molecule has 0 spiro atoms. The molecule has 0 aliphatic rings. The summed E-state index contributed by atoms with van der Waals surface area (Å²) in [5, 5.41) is 17.8. The molecule has 1 aromatic heterocycles. The van der Waals surface area contributed by atoms with Crippen LogP contribution in [0.2, 0.25) is 0 Å². The molecule has 0 aliphatic heterocycles. The number of aromatic hydroxyl groups is 1. The molecule has 0 bridgehead atoms. The smallest absolute Gasteiger partial charge is 0.280 e. The molecular formula is C7H6F2INO2. The molecule has 13 heavy (non-hydrogen) atoms. The number of aliphatic hydroxyl groups is 1. The Kier molecular flexibility index (Phi) is 3.37. The van der Waals surface area contributed by atoms with Crippen molar-refractivity contribution in [2.75, 3.05) is 0 Å². The van der Waals surface area contributed by atoms with Gasteiger partial charge in [0.05, 0.1) is 6.61 Å². The summed E-state index contributed by atoms with van der Waals surface area (Å²) >= 11 is 1.64. The lowest BCUT2D eigenvalue weighted by molar-refractivity contribution is 0.141. The van der Waals surface area contributed by atoms with Crippen LogP contribution in [0.5, 0.6) is 5.75 Å².